The van der Waals surface area contributed by atoms with Crippen LogP contribution in [-0.4, -0.2) is 4.57 Å². The van der Waals surface area contributed by atoms with E-state index in [-0.39, 0.29) is 0 Å². The summed E-state index contributed by atoms with van der Waals surface area (Å²) in [6.07, 6.45) is 0. The summed E-state index contributed by atoms with van der Waals surface area (Å²) < 4.78 is 2.38. The van der Waals surface area contributed by atoms with Gasteiger partial charge >= 0.3 is 0 Å². The Balaban J connectivity index is 1.50. The normalized spacial score (nSPS) is 11.4. The molecule has 0 bridgehead atoms. The van der Waals surface area contributed by atoms with Crippen LogP contribution in [0.3, 0.4) is 0 Å². The lowest BCUT2D eigenvalue weighted by atomic mass is 10.1. The lowest BCUT2D eigenvalue weighted by Gasteiger charge is -2.25. The number of aromatic nitrogens is 1. The Labute approximate surface area is 220 Å². The van der Waals surface area contributed by atoms with Crippen LogP contribution in [0.4, 0.5) is 17.1 Å². The molecule has 0 N–H and O–H groups in total. The summed E-state index contributed by atoms with van der Waals surface area (Å²) in [5.41, 5.74) is 6.76. The third-order valence-corrected chi connectivity index (χ3v) is 7.26. The van der Waals surface area contributed by atoms with Crippen LogP contribution >= 0.6 is 11.6 Å². The molecule has 0 aliphatic rings. The molecule has 0 spiro atoms. The largest absolute Gasteiger partial charge is 0.310 e. The first kappa shape index (κ1) is 21.7. The van der Waals surface area contributed by atoms with Crippen LogP contribution in [0.5, 0.6) is 0 Å². The van der Waals surface area contributed by atoms with E-state index in [1.807, 2.05) is 18.2 Å². The predicted molar refractivity (Wildman–Crippen MR) is 158 cm³/mol. The van der Waals surface area contributed by atoms with Crippen LogP contribution in [-0.2, 0) is 0 Å². The van der Waals surface area contributed by atoms with E-state index in [4.69, 9.17) is 11.6 Å². The van der Waals surface area contributed by atoms with Crippen molar-refractivity contribution < 1.29 is 0 Å². The van der Waals surface area contributed by atoms with Gasteiger partial charge in [-0.05, 0) is 77.5 Å². The van der Waals surface area contributed by atoms with Crippen LogP contribution in [0.1, 0.15) is 0 Å². The van der Waals surface area contributed by atoms with E-state index >= 15 is 0 Å². The molecule has 3 heteroatoms. The van der Waals surface area contributed by atoms with Gasteiger partial charge in [0.25, 0.3) is 0 Å². The first-order chi connectivity index (χ1) is 18.3. The molecule has 0 saturated carbocycles. The fourth-order valence-electron chi connectivity index (χ4n) is 5.31. The lowest BCUT2D eigenvalue weighted by Crippen LogP contribution is -2.09. The molecule has 2 nitrogen and oxygen atoms in total. The van der Waals surface area contributed by atoms with E-state index in [1.54, 1.807) is 0 Å². The van der Waals surface area contributed by atoms with Crippen molar-refractivity contribution in [1.29, 1.82) is 0 Å². The first-order valence-electron chi connectivity index (χ1n) is 12.4. The molecule has 0 fully saturated rings. The zero-order valence-electron chi connectivity index (χ0n) is 20.1. The van der Waals surface area contributed by atoms with Crippen molar-refractivity contribution in [3.05, 3.63) is 145 Å². The molecule has 37 heavy (non-hydrogen) atoms. The van der Waals surface area contributed by atoms with Gasteiger partial charge in [0.1, 0.15) is 0 Å². The van der Waals surface area contributed by atoms with Crippen molar-refractivity contribution >= 4 is 61.2 Å². The Kier molecular flexibility index (Phi) is 5.20. The summed E-state index contributed by atoms with van der Waals surface area (Å²) in [5, 5.41) is 5.68. The molecule has 0 saturated heterocycles. The van der Waals surface area contributed by atoms with Gasteiger partial charge in [-0.15, -0.1) is 0 Å². The van der Waals surface area contributed by atoms with Gasteiger partial charge in [-0.25, -0.2) is 0 Å². The number of fused-ring (bicyclic) bond motifs is 4. The zero-order valence-corrected chi connectivity index (χ0v) is 20.8. The molecule has 1 heterocycles. The van der Waals surface area contributed by atoms with E-state index < -0.39 is 0 Å². The van der Waals surface area contributed by atoms with Gasteiger partial charge in [0.05, 0.1) is 11.0 Å². The van der Waals surface area contributed by atoms with Crippen molar-refractivity contribution in [2.24, 2.45) is 0 Å². The highest BCUT2D eigenvalue weighted by Gasteiger charge is 2.17. The van der Waals surface area contributed by atoms with Gasteiger partial charge in [-0.2, -0.15) is 0 Å². The highest BCUT2D eigenvalue weighted by atomic mass is 35.5. The summed E-state index contributed by atoms with van der Waals surface area (Å²) in [4.78, 5) is 2.28. The average Bonchev–Trinajstić information content (AvgIpc) is 3.28. The zero-order chi connectivity index (χ0) is 24.8. The van der Waals surface area contributed by atoms with E-state index in [9.17, 15) is 0 Å². The van der Waals surface area contributed by atoms with Gasteiger partial charge in [0.15, 0.2) is 0 Å². The highest BCUT2D eigenvalue weighted by Crippen LogP contribution is 2.39. The molecule has 0 unspecified atom stereocenters. The second kappa shape index (κ2) is 8.85. The Hall–Kier alpha value is -4.53. The Morgan fingerprint density at radius 3 is 1.95 bits per heavy atom. The Morgan fingerprint density at radius 2 is 1.11 bits per heavy atom. The minimum atomic E-state index is 0.726. The van der Waals surface area contributed by atoms with Gasteiger partial charge in [0.2, 0.25) is 0 Å². The van der Waals surface area contributed by atoms with Crippen LogP contribution in [0.15, 0.2) is 140 Å². The third-order valence-electron chi connectivity index (χ3n) is 7.01. The number of halogens is 1. The van der Waals surface area contributed by atoms with E-state index in [0.29, 0.717) is 0 Å². The van der Waals surface area contributed by atoms with Crippen LogP contribution in [0, 0.1) is 0 Å². The monoisotopic (exact) mass is 494 g/mol. The topological polar surface area (TPSA) is 8.17 Å². The summed E-state index contributed by atoms with van der Waals surface area (Å²) in [6.45, 7) is 0. The van der Waals surface area contributed by atoms with Crippen molar-refractivity contribution in [1.82, 2.24) is 4.57 Å². The van der Waals surface area contributed by atoms with Crippen LogP contribution < -0.4 is 4.90 Å². The average molecular weight is 495 g/mol. The third kappa shape index (κ3) is 3.74. The van der Waals surface area contributed by atoms with Gasteiger partial charge in [-0.1, -0.05) is 84.4 Å². The first-order valence-corrected chi connectivity index (χ1v) is 12.8. The minimum absolute atomic E-state index is 0.726. The minimum Gasteiger partial charge on any atom is -0.310 e. The summed E-state index contributed by atoms with van der Waals surface area (Å²) in [7, 11) is 0. The standard InChI is InChI=1S/C34H23ClN2/c35-26-15-18-28(19-16-26)36(27-10-2-1-3-11-27)30-20-21-32-31-12-6-7-13-33(31)37(34(32)23-30)29-17-14-24-8-4-5-9-25(24)22-29/h1-23H. The second-order valence-corrected chi connectivity index (χ2v) is 9.67. The maximum absolute atomic E-state index is 6.24. The molecule has 7 rings (SSSR count). The molecular formula is C34H23ClN2. The van der Waals surface area contributed by atoms with Crippen molar-refractivity contribution in [2.75, 3.05) is 4.90 Å². The molecule has 0 aliphatic heterocycles. The highest BCUT2D eigenvalue weighted by molar-refractivity contribution is 6.30. The SMILES string of the molecule is Clc1ccc(N(c2ccccc2)c2ccc3c4ccccc4n(-c4ccc5ccccc5c4)c3c2)cc1. The second-order valence-electron chi connectivity index (χ2n) is 9.23. The van der Waals surface area contributed by atoms with Crippen molar-refractivity contribution in [3.8, 4) is 5.69 Å². The fourth-order valence-corrected chi connectivity index (χ4v) is 5.43. The van der Waals surface area contributed by atoms with Gasteiger partial charge in [-0.3, -0.25) is 0 Å². The molecule has 176 valence electrons. The Morgan fingerprint density at radius 1 is 0.459 bits per heavy atom. The smallest absolute Gasteiger partial charge is 0.0561 e. The predicted octanol–water partition coefficient (Wildman–Crippen LogP) is 10.1. The maximum atomic E-state index is 6.24. The quantitative estimate of drug-likeness (QED) is 0.236. The van der Waals surface area contributed by atoms with Crippen LogP contribution in [0.2, 0.25) is 5.02 Å². The number of para-hydroxylation sites is 2. The maximum Gasteiger partial charge on any atom is 0.0561 e. The number of hydrogen-bond acceptors (Lipinski definition) is 1. The van der Waals surface area contributed by atoms with Gasteiger partial charge < -0.3 is 9.47 Å². The van der Waals surface area contributed by atoms with Crippen molar-refractivity contribution in [2.45, 2.75) is 0 Å². The summed E-state index contributed by atoms with van der Waals surface area (Å²) in [5.74, 6) is 0. The Bertz CT molecular complexity index is 1890. The number of anilines is 3. The summed E-state index contributed by atoms with van der Waals surface area (Å²) >= 11 is 6.24. The van der Waals surface area contributed by atoms with Gasteiger partial charge in [0, 0.05) is 38.5 Å². The molecule has 1 aromatic heterocycles. The molecule has 0 amide bonds. The van der Waals surface area contributed by atoms with Crippen LogP contribution in [0.25, 0.3) is 38.3 Å². The van der Waals surface area contributed by atoms with E-state index in [0.717, 1.165) is 27.8 Å². The number of hydrogen-bond donors (Lipinski definition) is 0. The van der Waals surface area contributed by atoms with Crippen molar-refractivity contribution in [3.63, 3.8) is 0 Å². The number of rotatable bonds is 4. The number of benzene rings is 6. The lowest BCUT2D eigenvalue weighted by molar-refractivity contribution is 1.18. The molecule has 0 aliphatic carbocycles. The summed E-state index contributed by atoms with van der Waals surface area (Å²) in [6, 6.07) is 49.1. The molecular weight excluding hydrogens is 472 g/mol. The molecule has 0 radical (unpaired) electrons. The molecule has 6 aromatic carbocycles. The molecule has 7 aromatic rings. The van der Waals surface area contributed by atoms with E-state index in [1.165, 1.54) is 32.6 Å². The number of nitrogens with zero attached hydrogens (tertiary/aromatic N) is 2. The fraction of sp³-hybridized carbons (Fsp3) is 0. The van der Waals surface area contributed by atoms with E-state index in [2.05, 4.69) is 131 Å². The molecule has 0 atom stereocenters.